The minimum absolute atomic E-state index is 0.0910. The van der Waals surface area contributed by atoms with Crippen LogP contribution in [0.25, 0.3) is 0 Å². The number of amides is 1. The zero-order chi connectivity index (χ0) is 31.2. The van der Waals surface area contributed by atoms with Crippen LogP contribution < -0.4 is 9.47 Å². The highest BCUT2D eigenvalue weighted by Gasteiger charge is 2.41. The smallest absolute Gasteiger partial charge is 0.329 e. The van der Waals surface area contributed by atoms with Gasteiger partial charge in [-0.05, 0) is 42.2 Å². The van der Waals surface area contributed by atoms with Crippen LogP contribution >= 0.6 is 0 Å². The topological polar surface area (TPSA) is 92.8 Å². The molecule has 1 heterocycles. The second-order valence-corrected chi connectivity index (χ2v) is 15.5. The van der Waals surface area contributed by atoms with Crippen molar-refractivity contribution in [2.24, 2.45) is 0 Å². The molecule has 3 atom stereocenters. The normalized spacial score (nSPS) is 17.0. The van der Waals surface area contributed by atoms with Crippen LogP contribution in [-0.4, -0.2) is 83.6 Å². The molecule has 9 nitrogen and oxygen atoms in total. The number of hydrogen-bond acceptors (Lipinski definition) is 8. The zero-order valence-corrected chi connectivity index (χ0v) is 27.6. The Balaban J connectivity index is 1.92. The summed E-state index contributed by atoms with van der Waals surface area (Å²) in [5.74, 6) is 0.636. The molecular weight excluding hydrogens is 566 g/mol. The summed E-state index contributed by atoms with van der Waals surface area (Å²) in [6.07, 6.45) is 0.207. The molecule has 0 unspecified atom stereocenters. The molecule has 0 aliphatic carbocycles. The van der Waals surface area contributed by atoms with Gasteiger partial charge < -0.3 is 33.0 Å². The van der Waals surface area contributed by atoms with Crippen molar-refractivity contribution in [1.29, 1.82) is 0 Å². The number of carbonyl (C=O) groups excluding carboxylic acids is 2. The van der Waals surface area contributed by atoms with E-state index in [0.717, 1.165) is 29.3 Å². The summed E-state index contributed by atoms with van der Waals surface area (Å²) >= 11 is 0. The van der Waals surface area contributed by atoms with Gasteiger partial charge in [0.05, 0.1) is 32.5 Å². The molecular formula is C33H49NO8Si. The summed E-state index contributed by atoms with van der Waals surface area (Å²) in [7, 11) is -0.414. The molecule has 0 saturated heterocycles. The molecule has 3 rings (SSSR count). The maximum atomic E-state index is 13.3. The van der Waals surface area contributed by atoms with Gasteiger partial charge in [-0.1, -0.05) is 57.2 Å². The first-order chi connectivity index (χ1) is 20.8. The number of hydrogen-bond donors (Lipinski definition) is 0. The fourth-order valence-corrected chi connectivity index (χ4v) is 8.34. The van der Waals surface area contributed by atoms with Crippen LogP contribution in [0.1, 0.15) is 45.7 Å². The molecule has 0 fully saturated rings. The van der Waals surface area contributed by atoms with Gasteiger partial charge in [-0.15, -0.1) is 0 Å². The maximum Gasteiger partial charge on any atom is 0.329 e. The summed E-state index contributed by atoms with van der Waals surface area (Å²) in [5, 5.41) is 0. The Kier molecular flexibility index (Phi) is 14.0. The first-order valence-corrected chi connectivity index (χ1v) is 18.0. The summed E-state index contributed by atoms with van der Waals surface area (Å²) in [6.45, 7) is 11.3. The summed E-state index contributed by atoms with van der Waals surface area (Å²) < 4.78 is 35.4. The van der Waals surface area contributed by atoms with E-state index < -0.39 is 26.4 Å². The lowest BCUT2D eigenvalue weighted by molar-refractivity contribution is -0.155. The maximum absolute atomic E-state index is 13.3. The minimum atomic E-state index is -2.03. The standard InChI is InChI=1S/C33H49NO8Si/c1-7-39-33(36)29(20-26-14-12-11-13-15-26)34(25(5)35)23-32-31(42-43(8-2,9-3)10-4)21-27-16-17-28(22-30(27)41-32)40-24-38-19-18-37-6/h11-17,22,29,31-32H,7-10,18-21,23-24H2,1-6H3/t29-,31-,32+/m0/s1. The first kappa shape index (κ1) is 34.6. The summed E-state index contributed by atoms with van der Waals surface area (Å²) in [4.78, 5) is 28.1. The van der Waals surface area contributed by atoms with E-state index in [9.17, 15) is 9.59 Å². The quantitative estimate of drug-likeness (QED) is 0.0953. The SMILES string of the molecule is CCOC(=O)[C@H](Cc1ccccc1)N(C[C@H]1Oc2cc(OCOCCOC)ccc2C[C@@H]1O[Si](CC)(CC)CC)C(C)=O. The number of ether oxygens (including phenoxy) is 5. The molecule has 43 heavy (non-hydrogen) atoms. The molecule has 238 valence electrons. The molecule has 0 bridgehead atoms. The van der Waals surface area contributed by atoms with Gasteiger partial charge in [0.15, 0.2) is 15.1 Å². The van der Waals surface area contributed by atoms with Crippen LogP contribution in [-0.2, 0) is 41.1 Å². The predicted molar refractivity (Wildman–Crippen MR) is 168 cm³/mol. The number of rotatable bonds is 18. The zero-order valence-electron chi connectivity index (χ0n) is 26.6. The van der Waals surface area contributed by atoms with Gasteiger partial charge in [-0.2, -0.15) is 0 Å². The van der Waals surface area contributed by atoms with Crippen LogP contribution in [0.3, 0.4) is 0 Å². The van der Waals surface area contributed by atoms with Crippen molar-refractivity contribution in [2.45, 2.75) is 83.8 Å². The Morgan fingerprint density at radius 1 is 1.02 bits per heavy atom. The van der Waals surface area contributed by atoms with E-state index in [1.54, 1.807) is 18.9 Å². The van der Waals surface area contributed by atoms with E-state index in [1.807, 2.05) is 48.5 Å². The van der Waals surface area contributed by atoms with Crippen molar-refractivity contribution in [3.05, 3.63) is 59.7 Å². The van der Waals surface area contributed by atoms with E-state index in [-0.39, 0.29) is 32.0 Å². The van der Waals surface area contributed by atoms with E-state index >= 15 is 0 Å². The molecule has 0 N–H and O–H groups in total. The molecule has 1 aliphatic heterocycles. The second-order valence-electron chi connectivity index (χ2n) is 10.8. The van der Waals surface area contributed by atoms with Crippen molar-refractivity contribution in [1.82, 2.24) is 4.90 Å². The Morgan fingerprint density at radius 3 is 2.37 bits per heavy atom. The molecule has 1 amide bonds. The van der Waals surface area contributed by atoms with Crippen LogP contribution in [0.2, 0.25) is 18.1 Å². The third-order valence-electron chi connectivity index (χ3n) is 8.22. The van der Waals surface area contributed by atoms with Gasteiger partial charge in [0.1, 0.15) is 23.6 Å². The van der Waals surface area contributed by atoms with E-state index in [4.69, 9.17) is 28.1 Å². The first-order valence-electron chi connectivity index (χ1n) is 15.4. The highest BCUT2D eigenvalue weighted by Crippen LogP contribution is 2.36. The number of esters is 1. The number of methoxy groups -OCH3 is 1. The van der Waals surface area contributed by atoms with Gasteiger partial charge in [0.25, 0.3) is 0 Å². The minimum Gasteiger partial charge on any atom is -0.485 e. The molecule has 0 saturated carbocycles. The van der Waals surface area contributed by atoms with Crippen molar-refractivity contribution in [3.8, 4) is 11.5 Å². The van der Waals surface area contributed by atoms with Gasteiger partial charge in [-0.25, -0.2) is 4.79 Å². The lowest BCUT2D eigenvalue weighted by atomic mass is 9.97. The van der Waals surface area contributed by atoms with Crippen molar-refractivity contribution in [3.63, 3.8) is 0 Å². The lowest BCUT2D eigenvalue weighted by Gasteiger charge is -2.42. The largest absolute Gasteiger partial charge is 0.485 e. The fourth-order valence-electron chi connectivity index (χ4n) is 5.46. The van der Waals surface area contributed by atoms with Crippen LogP contribution in [0.4, 0.5) is 0 Å². The third-order valence-corrected chi connectivity index (χ3v) is 12.9. The third kappa shape index (κ3) is 9.79. The van der Waals surface area contributed by atoms with Crippen molar-refractivity contribution < 1.29 is 37.7 Å². The van der Waals surface area contributed by atoms with Gasteiger partial charge >= 0.3 is 5.97 Å². The Hall–Kier alpha value is -2.92. The average Bonchev–Trinajstić information content (AvgIpc) is 3.02. The van der Waals surface area contributed by atoms with Gasteiger partial charge in [0.2, 0.25) is 5.91 Å². The van der Waals surface area contributed by atoms with Crippen molar-refractivity contribution in [2.75, 3.05) is 40.3 Å². The molecule has 0 radical (unpaired) electrons. The van der Waals surface area contributed by atoms with E-state index in [1.165, 1.54) is 6.92 Å². The van der Waals surface area contributed by atoms with Crippen LogP contribution in [0, 0.1) is 0 Å². The molecule has 10 heteroatoms. The highest BCUT2D eigenvalue weighted by molar-refractivity contribution is 6.73. The number of benzene rings is 2. The van der Waals surface area contributed by atoms with E-state index in [0.29, 0.717) is 37.6 Å². The molecule has 2 aromatic carbocycles. The number of fused-ring (bicyclic) bond motifs is 1. The summed E-state index contributed by atoms with van der Waals surface area (Å²) in [5.41, 5.74) is 1.96. The predicted octanol–water partition coefficient (Wildman–Crippen LogP) is 5.40. The van der Waals surface area contributed by atoms with Crippen molar-refractivity contribution >= 4 is 20.2 Å². The fraction of sp³-hybridized carbons (Fsp3) is 0.576. The molecule has 0 spiro atoms. The van der Waals surface area contributed by atoms with Gasteiger partial charge in [-0.3, -0.25) is 4.79 Å². The Morgan fingerprint density at radius 2 is 1.74 bits per heavy atom. The monoisotopic (exact) mass is 615 g/mol. The molecule has 0 aromatic heterocycles. The van der Waals surface area contributed by atoms with Crippen LogP contribution in [0.5, 0.6) is 11.5 Å². The highest BCUT2D eigenvalue weighted by atomic mass is 28.4. The average molecular weight is 616 g/mol. The number of carbonyl (C=O) groups is 2. The Labute approximate surface area is 257 Å². The summed E-state index contributed by atoms with van der Waals surface area (Å²) in [6, 6.07) is 17.6. The Bertz CT molecular complexity index is 1130. The molecule has 2 aromatic rings. The number of nitrogens with zero attached hydrogens (tertiary/aromatic N) is 1. The van der Waals surface area contributed by atoms with E-state index in [2.05, 4.69) is 20.8 Å². The molecule has 1 aliphatic rings. The second kappa shape index (κ2) is 17.4. The van der Waals surface area contributed by atoms with Crippen LogP contribution in [0.15, 0.2) is 48.5 Å². The lowest BCUT2D eigenvalue weighted by Crippen LogP contribution is -2.56. The van der Waals surface area contributed by atoms with Gasteiger partial charge in [0, 0.05) is 32.9 Å².